The number of sulfonamides is 1. The molecule has 2 heterocycles. The quantitative estimate of drug-likeness (QED) is 0.295. The lowest BCUT2D eigenvalue weighted by atomic mass is 10.1. The van der Waals surface area contributed by atoms with Crippen molar-refractivity contribution in [2.24, 2.45) is 0 Å². The van der Waals surface area contributed by atoms with E-state index in [0.29, 0.717) is 16.8 Å². The van der Waals surface area contributed by atoms with Gasteiger partial charge in [0.05, 0.1) is 27.6 Å². The van der Waals surface area contributed by atoms with E-state index in [-0.39, 0.29) is 32.9 Å². The zero-order chi connectivity index (χ0) is 27.7. The van der Waals surface area contributed by atoms with Gasteiger partial charge in [0.25, 0.3) is 15.9 Å². The number of amides is 1. The van der Waals surface area contributed by atoms with Crippen molar-refractivity contribution >= 4 is 48.9 Å². The van der Waals surface area contributed by atoms with Crippen LogP contribution in [0.3, 0.4) is 0 Å². The zero-order valence-corrected chi connectivity index (χ0v) is 22.8. The SMILES string of the molecule is Cc1ccccc1CS(=O)(=O)c1ncc(Cl)c(C(=O)Nc2ccc(S(=O)(=O)Nc3onc(C)c3C)cc2)n1. The molecular formula is C24H22ClN5O6S2. The van der Waals surface area contributed by atoms with Crippen LogP contribution >= 0.6 is 11.6 Å². The molecule has 0 fully saturated rings. The van der Waals surface area contributed by atoms with Gasteiger partial charge in [0.2, 0.25) is 20.9 Å². The second-order valence-corrected chi connectivity index (χ2v) is 12.3. The van der Waals surface area contributed by atoms with E-state index < -0.39 is 30.9 Å². The molecule has 14 heteroatoms. The molecule has 1 amide bonds. The molecule has 0 aliphatic carbocycles. The minimum absolute atomic E-state index is 0.00599. The molecule has 2 aromatic heterocycles. The second kappa shape index (κ2) is 10.5. The third kappa shape index (κ3) is 5.85. The highest BCUT2D eigenvalue weighted by atomic mass is 35.5. The first-order valence-corrected chi connectivity index (χ1v) is 14.6. The summed E-state index contributed by atoms with van der Waals surface area (Å²) in [5.41, 5.74) is 2.35. The van der Waals surface area contributed by atoms with E-state index in [0.717, 1.165) is 11.8 Å². The molecule has 0 aliphatic heterocycles. The monoisotopic (exact) mass is 575 g/mol. The van der Waals surface area contributed by atoms with E-state index in [9.17, 15) is 21.6 Å². The smallest absolute Gasteiger partial charge is 0.275 e. The molecule has 38 heavy (non-hydrogen) atoms. The van der Waals surface area contributed by atoms with Crippen molar-refractivity contribution in [3.8, 4) is 0 Å². The van der Waals surface area contributed by atoms with Gasteiger partial charge in [0.15, 0.2) is 5.69 Å². The van der Waals surface area contributed by atoms with Crippen LogP contribution in [0.2, 0.25) is 5.02 Å². The normalized spacial score (nSPS) is 11.8. The molecule has 0 saturated carbocycles. The number of hydrogen-bond donors (Lipinski definition) is 2. The Hall–Kier alpha value is -3.81. The summed E-state index contributed by atoms with van der Waals surface area (Å²) < 4.78 is 58.5. The lowest BCUT2D eigenvalue weighted by molar-refractivity contribution is 0.102. The third-order valence-corrected chi connectivity index (χ3v) is 8.70. The summed E-state index contributed by atoms with van der Waals surface area (Å²) in [7, 11) is -7.96. The van der Waals surface area contributed by atoms with Crippen LogP contribution in [0, 0.1) is 20.8 Å². The van der Waals surface area contributed by atoms with Crippen LogP contribution in [0.4, 0.5) is 11.6 Å². The molecule has 2 N–H and O–H groups in total. The minimum Gasteiger partial charge on any atom is -0.337 e. The maximum absolute atomic E-state index is 12.9. The largest absolute Gasteiger partial charge is 0.337 e. The van der Waals surface area contributed by atoms with Gasteiger partial charge in [0, 0.05) is 11.3 Å². The number of aromatic nitrogens is 3. The maximum Gasteiger partial charge on any atom is 0.275 e. The van der Waals surface area contributed by atoms with E-state index in [1.165, 1.54) is 24.3 Å². The Morgan fingerprint density at radius 1 is 1.00 bits per heavy atom. The summed E-state index contributed by atoms with van der Waals surface area (Å²) in [4.78, 5) is 20.5. The third-order valence-electron chi connectivity index (χ3n) is 5.63. The number of aryl methyl sites for hydroxylation is 2. The maximum atomic E-state index is 12.9. The molecule has 0 unspecified atom stereocenters. The van der Waals surface area contributed by atoms with Crippen LogP contribution in [0.25, 0.3) is 0 Å². The van der Waals surface area contributed by atoms with E-state index in [2.05, 4.69) is 25.2 Å². The fourth-order valence-corrected chi connectivity index (χ4v) is 5.83. The number of nitrogens with one attached hydrogen (secondary N) is 2. The summed E-state index contributed by atoms with van der Waals surface area (Å²) in [6.07, 6.45) is 1.04. The number of carbonyl (C=O) groups excluding carboxylic acids is 1. The van der Waals surface area contributed by atoms with E-state index in [1.807, 2.05) is 0 Å². The molecule has 0 bridgehead atoms. The molecular weight excluding hydrogens is 554 g/mol. The number of sulfone groups is 1. The number of carbonyl (C=O) groups is 1. The highest BCUT2D eigenvalue weighted by molar-refractivity contribution is 7.92. The predicted molar refractivity (Wildman–Crippen MR) is 140 cm³/mol. The molecule has 0 saturated heterocycles. The van der Waals surface area contributed by atoms with Crippen LogP contribution in [0.1, 0.15) is 32.9 Å². The molecule has 4 aromatic rings. The number of nitrogens with zero attached hydrogens (tertiary/aromatic N) is 3. The summed E-state index contributed by atoms with van der Waals surface area (Å²) in [5, 5.41) is 5.54. The number of anilines is 2. The number of halogens is 1. The highest BCUT2D eigenvalue weighted by Crippen LogP contribution is 2.24. The van der Waals surface area contributed by atoms with Gasteiger partial charge < -0.3 is 9.84 Å². The number of rotatable bonds is 8. The molecule has 0 spiro atoms. The van der Waals surface area contributed by atoms with Gasteiger partial charge in [-0.05, 0) is 56.2 Å². The van der Waals surface area contributed by atoms with Crippen molar-refractivity contribution < 1.29 is 26.2 Å². The second-order valence-electron chi connectivity index (χ2n) is 8.34. The minimum atomic E-state index is -3.98. The van der Waals surface area contributed by atoms with E-state index in [4.69, 9.17) is 16.1 Å². The average molecular weight is 576 g/mol. The zero-order valence-electron chi connectivity index (χ0n) is 20.4. The van der Waals surface area contributed by atoms with Gasteiger partial charge >= 0.3 is 0 Å². The van der Waals surface area contributed by atoms with Crippen molar-refractivity contribution in [3.05, 3.63) is 87.8 Å². The molecule has 0 aliphatic rings. The topological polar surface area (TPSA) is 161 Å². The molecule has 0 atom stereocenters. The van der Waals surface area contributed by atoms with Gasteiger partial charge in [-0.15, -0.1) is 0 Å². The molecule has 0 radical (unpaired) electrons. The average Bonchev–Trinajstić information content (AvgIpc) is 3.17. The Bertz CT molecular complexity index is 1740. The van der Waals surface area contributed by atoms with Crippen LogP contribution < -0.4 is 10.0 Å². The molecule has 11 nitrogen and oxygen atoms in total. The van der Waals surface area contributed by atoms with Crippen molar-refractivity contribution in [2.45, 2.75) is 36.6 Å². The fraction of sp³-hybridized carbons (Fsp3) is 0.167. The Balaban J connectivity index is 1.51. The van der Waals surface area contributed by atoms with Gasteiger partial charge in [-0.1, -0.05) is 41.0 Å². The fourth-order valence-electron chi connectivity index (χ4n) is 3.30. The van der Waals surface area contributed by atoms with Crippen molar-refractivity contribution in [3.63, 3.8) is 0 Å². The van der Waals surface area contributed by atoms with Gasteiger partial charge in [0.1, 0.15) is 0 Å². The van der Waals surface area contributed by atoms with Crippen LogP contribution in [0.5, 0.6) is 0 Å². The molecule has 4 rings (SSSR count). The lowest BCUT2D eigenvalue weighted by Gasteiger charge is -2.10. The standard InChI is InChI=1S/C24H22ClN5O6S2/c1-14-6-4-5-7-17(14)13-37(32,33)24-26-12-20(25)21(28-24)22(31)27-18-8-10-19(11-9-18)38(34,35)30-23-15(2)16(3)29-36-23/h4-12,30H,13H2,1-3H3,(H,27,31). The van der Waals surface area contributed by atoms with Crippen LogP contribution in [-0.4, -0.2) is 37.9 Å². The van der Waals surface area contributed by atoms with Crippen molar-refractivity contribution in [2.75, 3.05) is 10.0 Å². The summed E-state index contributed by atoms with van der Waals surface area (Å²) >= 11 is 6.09. The van der Waals surface area contributed by atoms with E-state index >= 15 is 0 Å². The predicted octanol–water partition coefficient (Wildman–Crippen LogP) is 4.07. The molecule has 198 valence electrons. The first-order chi connectivity index (χ1) is 17.9. The van der Waals surface area contributed by atoms with Crippen molar-refractivity contribution in [1.82, 2.24) is 15.1 Å². The van der Waals surface area contributed by atoms with Gasteiger partial charge in [-0.25, -0.2) is 31.5 Å². The highest BCUT2D eigenvalue weighted by Gasteiger charge is 2.24. The summed E-state index contributed by atoms with van der Waals surface area (Å²) in [5.74, 6) is -1.14. The lowest BCUT2D eigenvalue weighted by Crippen LogP contribution is -2.18. The van der Waals surface area contributed by atoms with E-state index in [1.54, 1.807) is 45.0 Å². The first kappa shape index (κ1) is 27.2. The van der Waals surface area contributed by atoms with Crippen LogP contribution in [-0.2, 0) is 25.6 Å². The first-order valence-electron chi connectivity index (χ1n) is 11.0. The summed E-state index contributed by atoms with van der Waals surface area (Å²) in [6, 6.07) is 12.3. The molecule has 2 aromatic carbocycles. The summed E-state index contributed by atoms with van der Waals surface area (Å²) in [6.45, 7) is 5.13. The Morgan fingerprint density at radius 2 is 1.68 bits per heavy atom. The Labute approximate surface area is 224 Å². The van der Waals surface area contributed by atoms with Gasteiger partial charge in [-0.2, -0.15) is 0 Å². The Morgan fingerprint density at radius 3 is 2.32 bits per heavy atom. The number of benzene rings is 2. The Kier molecular flexibility index (Phi) is 7.54. The van der Waals surface area contributed by atoms with Crippen molar-refractivity contribution in [1.29, 1.82) is 0 Å². The van der Waals surface area contributed by atoms with Gasteiger partial charge in [-0.3, -0.25) is 4.79 Å². The van der Waals surface area contributed by atoms with Crippen LogP contribution in [0.15, 0.2) is 69.3 Å². The number of hydrogen-bond acceptors (Lipinski definition) is 9.